The zero-order valence-corrected chi connectivity index (χ0v) is 5.70. The van der Waals surface area contributed by atoms with Crippen LogP contribution in [0.3, 0.4) is 0 Å². The molecule has 1 radical (unpaired) electrons. The fourth-order valence-corrected chi connectivity index (χ4v) is 0.843. The number of aromatic nitrogens is 1. The van der Waals surface area contributed by atoms with E-state index in [0.29, 0.717) is 0 Å². The molecule has 1 rings (SSSR count). The van der Waals surface area contributed by atoms with E-state index < -0.39 is 5.82 Å². The van der Waals surface area contributed by atoms with Gasteiger partial charge in [0.1, 0.15) is 6.20 Å². The molecule has 3 heteroatoms. The van der Waals surface area contributed by atoms with E-state index in [1.165, 1.54) is 17.8 Å². The van der Waals surface area contributed by atoms with Crippen molar-refractivity contribution in [3.05, 3.63) is 24.3 Å². The van der Waals surface area contributed by atoms with Crippen molar-refractivity contribution in [2.24, 2.45) is 0 Å². The second-order valence-corrected chi connectivity index (χ2v) is 2.35. The molecule has 0 aliphatic heterocycles. The normalized spacial score (nSPS) is 9.56. The van der Waals surface area contributed by atoms with Gasteiger partial charge in [-0.15, -0.1) is 11.8 Å². The maximum atomic E-state index is 12.2. The lowest BCUT2D eigenvalue weighted by Gasteiger charge is -1.90. The molecular formula is C6H5FNS. The molecule has 9 heavy (non-hydrogen) atoms. The van der Waals surface area contributed by atoms with E-state index in [0.717, 1.165) is 4.90 Å². The summed E-state index contributed by atoms with van der Waals surface area (Å²) in [6.07, 6.45) is 5.62. The van der Waals surface area contributed by atoms with E-state index in [-0.39, 0.29) is 0 Å². The Morgan fingerprint density at radius 1 is 1.78 bits per heavy atom. The van der Waals surface area contributed by atoms with Crippen molar-refractivity contribution >= 4 is 11.8 Å². The summed E-state index contributed by atoms with van der Waals surface area (Å²) in [5.41, 5.74) is 0. The van der Waals surface area contributed by atoms with Gasteiger partial charge in [0.05, 0.1) is 0 Å². The van der Waals surface area contributed by atoms with Gasteiger partial charge in [-0.2, -0.15) is 0 Å². The Labute approximate surface area is 57.3 Å². The third-order valence-corrected chi connectivity index (χ3v) is 1.56. The summed E-state index contributed by atoms with van der Waals surface area (Å²) in [6.45, 7) is 0. The summed E-state index contributed by atoms with van der Waals surface area (Å²) in [5, 5.41) is 0. The molecule has 0 unspecified atom stereocenters. The summed E-state index contributed by atoms with van der Waals surface area (Å²) >= 11 is 1.46. The van der Waals surface area contributed by atoms with E-state index in [4.69, 9.17) is 0 Å². The number of nitrogens with zero attached hydrogens (tertiary/aromatic N) is 1. The smallest absolute Gasteiger partial charge is 0.152 e. The van der Waals surface area contributed by atoms with E-state index in [1.807, 2.05) is 6.26 Å². The summed E-state index contributed by atoms with van der Waals surface area (Å²) in [4.78, 5) is 4.36. The molecular weight excluding hydrogens is 137 g/mol. The highest BCUT2D eigenvalue weighted by atomic mass is 32.2. The predicted octanol–water partition coefficient (Wildman–Crippen LogP) is 1.74. The van der Waals surface area contributed by atoms with Gasteiger partial charge in [-0.05, 0) is 12.3 Å². The van der Waals surface area contributed by atoms with Crippen LogP contribution in [0.2, 0.25) is 0 Å². The standard InChI is InChI=1S/C6H5FNS/c1-9-6-2-5(7)3-8-4-6/h2,4H,1H3. The van der Waals surface area contributed by atoms with Crippen LogP contribution in [-0.4, -0.2) is 11.2 Å². The number of hydrogen-bond donors (Lipinski definition) is 0. The Kier molecular flexibility index (Phi) is 2.05. The highest BCUT2D eigenvalue weighted by Crippen LogP contribution is 2.12. The molecule has 0 saturated heterocycles. The Hall–Kier alpha value is -0.570. The highest BCUT2D eigenvalue weighted by Gasteiger charge is 1.91. The van der Waals surface area contributed by atoms with Gasteiger partial charge in [-0.3, -0.25) is 4.98 Å². The molecule has 1 aromatic rings. The van der Waals surface area contributed by atoms with Crippen LogP contribution in [-0.2, 0) is 0 Å². The molecule has 0 aromatic carbocycles. The molecule has 0 N–H and O–H groups in total. The van der Waals surface area contributed by atoms with Crippen molar-refractivity contribution in [1.82, 2.24) is 4.98 Å². The van der Waals surface area contributed by atoms with Gasteiger partial charge in [0.25, 0.3) is 0 Å². The first kappa shape index (κ1) is 6.55. The zero-order valence-electron chi connectivity index (χ0n) is 4.89. The fraction of sp³-hybridized carbons (Fsp3) is 0.167. The summed E-state index contributed by atoms with van der Waals surface area (Å²) in [5.74, 6) is -0.401. The van der Waals surface area contributed by atoms with Crippen LogP contribution in [0.15, 0.2) is 17.2 Å². The van der Waals surface area contributed by atoms with Gasteiger partial charge in [-0.25, -0.2) is 4.39 Å². The molecule has 1 aromatic heterocycles. The Morgan fingerprint density at radius 2 is 2.56 bits per heavy atom. The van der Waals surface area contributed by atoms with Crippen LogP contribution in [0, 0.1) is 12.0 Å². The molecule has 0 aliphatic rings. The topological polar surface area (TPSA) is 12.9 Å². The third-order valence-electron chi connectivity index (χ3n) is 0.868. The van der Waals surface area contributed by atoms with E-state index in [1.54, 1.807) is 6.20 Å². The van der Waals surface area contributed by atoms with Crippen molar-refractivity contribution in [2.75, 3.05) is 6.26 Å². The number of thioether (sulfide) groups is 1. The molecule has 0 spiro atoms. The summed E-state index contributed by atoms with van der Waals surface area (Å²) < 4.78 is 12.2. The largest absolute Gasteiger partial charge is 0.250 e. The Balaban J connectivity index is 2.94. The fourth-order valence-electron chi connectivity index (χ4n) is 0.464. The van der Waals surface area contributed by atoms with Gasteiger partial charge in [-0.1, -0.05) is 0 Å². The maximum absolute atomic E-state index is 12.2. The van der Waals surface area contributed by atoms with Crippen LogP contribution < -0.4 is 0 Å². The predicted molar refractivity (Wildman–Crippen MR) is 34.8 cm³/mol. The van der Waals surface area contributed by atoms with Crippen molar-refractivity contribution in [3.8, 4) is 0 Å². The van der Waals surface area contributed by atoms with E-state index >= 15 is 0 Å². The number of hydrogen-bond acceptors (Lipinski definition) is 2. The molecule has 1 heterocycles. The van der Waals surface area contributed by atoms with Gasteiger partial charge in [0, 0.05) is 11.1 Å². The molecule has 0 fully saturated rings. The minimum absolute atomic E-state index is 0.401. The zero-order chi connectivity index (χ0) is 6.69. The number of rotatable bonds is 1. The van der Waals surface area contributed by atoms with Crippen molar-refractivity contribution in [2.45, 2.75) is 4.90 Å². The lowest BCUT2D eigenvalue weighted by molar-refractivity contribution is 0.614. The Bertz CT molecular complexity index is 202. The van der Waals surface area contributed by atoms with Crippen LogP contribution in [0.1, 0.15) is 0 Å². The molecule has 0 amide bonds. The van der Waals surface area contributed by atoms with Gasteiger partial charge < -0.3 is 0 Å². The second kappa shape index (κ2) is 2.82. The van der Waals surface area contributed by atoms with Gasteiger partial charge in [0.2, 0.25) is 0 Å². The first-order chi connectivity index (χ1) is 4.33. The van der Waals surface area contributed by atoms with Crippen LogP contribution in [0.4, 0.5) is 4.39 Å². The number of pyridine rings is 1. The van der Waals surface area contributed by atoms with Gasteiger partial charge >= 0.3 is 0 Å². The average molecular weight is 142 g/mol. The van der Waals surface area contributed by atoms with Crippen LogP contribution in [0.5, 0.6) is 0 Å². The summed E-state index contributed by atoms with van der Waals surface area (Å²) in [6, 6.07) is 1.40. The monoisotopic (exact) mass is 142 g/mol. The quantitative estimate of drug-likeness (QED) is 0.554. The molecule has 0 bridgehead atoms. The van der Waals surface area contributed by atoms with E-state index in [9.17, 15) is 4.39 Å². The average Bonchev–Trinajstić information content (AvgIpc) is 1.88. The Morgan fingerprint density at radius 3 is 3.00 bits per heavy atom. The maximum Gasteiger partial charge on any atom is 0.152 e. The van der Waals surface area contributed by atoms with Gasteiger partial charge in [0.15, 0.2) is 5.82 Å². The molecule has 1 nitrogen and oxygen atoms in total. The van der Waals surface area contributed by atoms with Crippen molar-refractivity contribution in [1.29, 1.82) is 0 Å². The first-order valence-electron chi connectivity index (χ1n) is 2.40. The highest BCUT2D eigenvalue weighted by molar-refractivity contribution is 7.98. The SMILES string of the molecule is CSc1cn[c]c(F)c1. The minimum atomic E-state index is -0.401. The van der Waals surface area contributed by atoms with Crippen LogP contribution in [0.25, 0.3) is 0 Å². The molecule has 47 valence electrons. The number of halogens is 1. The first-order valence-corrected chi connectivity index (χ1v) is 3.62. The molecule has 0 saturated carbocycles. The van der Waals surface area contributed by atoms with Crippen molar-refractivity contribution < 1.29 is 4.39 Å². The van der Waals surface area contributed by atoms with E-state index in [2.05, 4.69) is 11.2 Å². The lowest BCUT2D eigenvalue weighted by atomic mass is 10.5. The molecule has 0 atom stereocenters. The lowest BCUT2D eigenvalue weighted by Crippen LogP contribution is -1.78. The van der Waals surface area contributed by atoms with Crippen LogP contribution >= 0.6 is 11.8 Å². The second-order valence-electron chi connectivity index (χ2n) is 1.47. The van der Waals surface area contributed by atoms with Crippen molar-refractivity contribution in [3.63, 3.8) is 0 Å². The molecule has 0 aliphatic carbocycles. The third kappa shape index (κ3) is 1.68. The minimum Gasteiger partial charge on any atom is -0.250 e. The summed E-state index contributed by atoms with van der Waals surface area (Å²) in [7, 11) is 0.